The Morgan fingerprint density at radius 2 is 2.11 bits per heavy atom. The van der Waals surface area contributed by atoms with Crippen LogP contribution >= 0.6 is 12.4 Å². The Labute approximate surface area is 115 Å². The molecule has 1 fully saturated rings. The maximum absolute atomic E-state index is 12.1. The fraction of sp³-hybridized carbons (Fsp3) is 0.909. The molecule has 0 saturated carbocycles. The average Bonchev–Trinajstić information content (AvgIpc) is 2.15. The number of rotatable bonds is 4. The van der Waals surface area contributed by atoms with Crippen LogP contribution in [0.4, 0.5) is 0 Å². The average molecular weight is 299 g/mol. The summed E-state index contributed by atoms with van der Waals surface area (Å²) in [5.74, 6) is -0.0664. The van der Waals surface area contributed by atoms with Crippen LogP contribution in [0.3, 0.4) is 0 Å². The van der Waals surface area contributed by atoms with Crippen LogP contribution in [0.25, 0.3) is 0 Å². The predicted octanol–water partition coefficient (Wildman–Crippen LogP) is 0.347. The molecule has 5 nitrogen and oxygen atoms in total. The summed E-state index contributed by atoms with van der Waals surface area (Å²) in [4.78, 5) is 12.1. The Bertz CT molecular complexity index is 378. The first-order valence-corrected chi connectivity index (χ1v) is 7.98. The van der Waals surface area contributed by atoms with Crippen molar-refractivity contribution in [3.05, 3.63) is 0 Å². The van der Waals surface area contributed by atoms with Crippen LogP contribution in [-0.4, -0.2) is 45.5 Å². The zero-order valence-electron chi connectivity index (χ0n) is 11.2. The minimum atomic E-state index is -3.05. The van der Waals surface area contributed by atoms with E-state index in [0.29, 0.717) is 6.54 Å². The monoisotopic (exact) mass is 298 g/mol. The summed E-state index contributed by atoms with van der Waals surface area (Å²) in [6.45, 7) is 5.24. The third kappa shape index (κ3) is 5.54. The maximum Gasteiger partial charge on any atom is 0.227 e. The van der Waals surface area contributed by atoms with Gasteiger partial charge in [0.2, 0.25) is 5.91 Å². The summed E-state index contributed by atoms with van der Waals surface area (Å²) in [6, 6.07) is -0.337. The van der Waals surface area contributed by atoms with Crippen molar-refractivity contribution in [3.8, 4) is 0 Å². The van der Waals surface area contributed by atoms with Crippen molar-refractivity contribution in [2.24, 2.45) is 5.41 Å². The summed E-state index contributed by atoms with van der Waals surface area (Å²) in [5.41, 5.74) is -0.413. The number of piperidine rings is 1. The Kier molecular flexibility index (Phi) is 6.60. The molecule has 0 aliphatic carbocycles. The van der Waals surface area contributed by atoms with Gasteiger partial charge in [0.25, 0.3) is 0 Å². The van der Waals surface area contributed by atoms with Gasteiger partial charge in [-0.25, -0.2) is 8.42 Å². The van der Waals surface area contributed by atoms with Crippen molar-refractivity contribution in [3.63, 3.8) is 0 Å². The van der Waals surface area contributed by atoms with E-state index in [0.717, 1.165) is 19.4 Å². The molecular weight excluding hydrogens is 276 g/mol. The molecule has 1 aliphatic heterocycles. The van der Waals surface area contributed by atoms with E-state index >= 15 is 0 Å². The van der Waals surface area contributed by atoms with Gasteiger partial charge >= 0.3 is 0 Å². The van der Waals surface area contributed by atoms with E-state index < -0.39 is 15.3 Å². The molecule has 0 aromatic heterocycles. The molecule has 1 saturated heterocycles. The smallest absolute Gasteiger partial charge is 0.227 e. The first kappa shape index (κ1) is 17.7. The highest BCUT2D eigenvalue weighted by atomic mass is 35.5. The first-order valence-electron chi connectivity index (χ1n) is 5.92. The third-order valence-electron chi connectivity index (χ3n) is 3.08. The van der Waals surface area contributed by atoms with Crippen LogP contribution in [0.1, 0.15) is 26.7 Å². The van der Waals surface area contributed by atoms with Crippen molar-refractivity contribution >= 4 is 28.2 Å². The molecule has 1 amide bonds. The number of carbonyl (C=O) groups is 1. The quantitative estimate of drug-likeness (QED) is 0.785. The second-order valence-electron chi connectivity index (χ2n) is 5.31. The molecule has 18 heavy (non-hydrogen) atoms. The molecule has 7 heteroatoms. The van der Waals surface area contributed by atoms with Crippen LogP contribution in [-0.2, 0) is 14.6 Å². The molecule has 0 aromatic rings. The molecule has 1 rings (SSSR count). The number of sulfone groups is 1. The Morgan fingerprint density at radius 3 is 2.56 bits per heavy atom. The summed E-state index contributed by atoms with van der Waals surface area (Å²) in [6.07, 6.45) is 3.00. The van der Waals surface area contributed by atoms with Crippen molar-refractivity contribution in [1.82, 2.24) is 10.6 Å². The molecule has 0 aromatic carbocycles. The van der Waals surface area contributed by atoms with E-state index in [4.69, 9.17) is 0 Å². The number of amides is 1. The Morgan fingerprint density at radius 1 is 1.50 bits per heavy atom. The van der Waals surface area contributed by atoms with Gasteiger partial charge in [-0.2, -0.15) is 0 Å². The molecule has 2 unspecified atom stereocenters. The van der Waals surface area contributed by atoms with Gasteiger partial charge in [0, 0.05) is 18.8 Å². The number of nitrogens with one attached hydrogen (secondary N) is 2. The SMILES string of the molecule is CC(CS(C)(=O)=O)NC(=O)C1(C)CCCNC1.Cl. The zero-order valence-corrected chi connectivity index (χ0v) is 12.8. The van der Waals surface area contributed by atoms with Crippen LogP contribution in [0.2, 0.25) is 0 Å². The van der Waals surface area contributed by atoms with Gasteiger partial charge in [0.1, 0.15) is 9.84 Å². The van der Waals surface area contributed by atoms with Gasteiger partial charge in [-0.1, -0.05) is 0 Å². The second-order valence-corrected chi connectivity index (χ2v) is 7.49. The van der Waals surface area contributed by atoms with E-state index in [1.165, 1.54) is 6.26 Å². The standard InChI is InChI=1S/C11H22N2O3S.ClH/c1-9(7-17(3,15)16)13-10(14)11(2)5-4-6-12-8-11;/h9,12H,4-8H2,1-3H3,(H,13,14);1H. The molecule has 0 spiro atoms. The second kappa shape index (κ2) is 6.73. The lowest BCUT2D eigenvalue weighted by molar-refractivity contribution is -0.131. The molecule has 0 bridgehead atoms. The van der Waals surface area contributed by atoms with Crippen molar-refractivity contribution in [2.45, 2.75) is 32.7 Å². The molecule has 1 aliphatic rings. The van der Waals surface area contributed by atoms with E-state index in [1.54, 1.807) is 6.92 Å². The lowest BCUT2D eigenvalue weighted by Crippen LogP contribution is -2.51. The normalized spacial score (nSPS) is 25.9. The van der Waals surface area contributed by atoms with Crippen LogP contribution in [0.15, 0.2) is 0 Å². The number of halogens is 1. The molecule has 1 heterocycles. The topological polar surface area (TPSA) is 75.3 Å². The fourth-order valence-corrected chi connectivity index (χ4v) is 3.14. The minimum Gasteiger partial charge on any atom is -0.352 e. The highest BCUT2D eigenvalue weighted by Gasteiger charge is 2.35. The number of hydrogen-bond acceptors (Lipinski definition) is 4. The highest BCUT2D eigenvalue weighted by Crippen LogP contribution is 2.25. The van der Waals surface area contributed by atoms with Crippen LogP contribution in [0, 0.1) is 5.41 Å². The van der Waals surface area contributed by atoms with E-state index in [9.17, 15) is 13.2 Å². The van der Waals surface area contributed by atoms with Gasteiger partial charge in [-0.05, 0) is 33.2 Å². The van der Waals surface area contributed by atoms with Crippen molar-refractivity contribution in [1.29, 1.82) is 0 Å². The summed E-state index contributed by atoms with van der Waals surface area (Å²) < 4.78 is 22.2. The predicted molar refractivity (Wildman–Crippen MR) is 74.8 cm³/mol. The minimum absolute atomic E-state index is 0. The van der Waals surface area contributed by atoms with Gasteiger partial charge in [0.15, 0.2) is 0 Å². The molecule has 108 valence electrons. The molecular formula is C11H23ClN2O3S. The summed E-state index contributed by atoms with van der Waals surface area (Å²) in [5, 5.41) is 5.99. The Hall–Kier alpha value is -0.330. The van der Waals surface area contributed by atoms with Crippen LogP contribution < -0.4 is 10.6 Å². The summed E-state index contributed by atoms with van der Waals surface area (Å²) >= 11 is 0. The Balaban J connectivity index is 0.00000289. The fourth-order valence-electron chi connectivity index (χ4n) is 2.14. The largest absolute Gasteiger partial charge is 0.352 e. The van der Waals surface area contributed by atoms with E-state index in [1.807, 2.05) is 6.92 Å². The molecule has 2 N–H and O–H groups in total. The maximum atomic E-state index is 12.1. The first-order chi connectivity index (χ1) is 7.73. The van der Waals surface area contributed by atoms with Crippen molar-refractivity contribution < 1.29 is 13.2 Å². The van der Waals surface area contributed by atoms with E-state index in [2.05, 4.69) is 10.6 Å². The van der Waals surface area contributed by atoms with Crippen LogP contribution in [0.5, 0.6) is 0 Å². The van der Waals surface area contributed by atoms with Gasteiger partial charge in [0.05, 0.1) is 11.2 Å². The number of hydrogen-bond donors (Lipinski definition) is 2. The highest BCUT2D eigenvalue weighted by molar-refractivity contribution is 7.90. The van der Waals surface area contributed by atoms with E-state index in [-0.39, 0.29) is 30.1 Å². The van der Waals surface area contributed by atoms with Gasteiger partial charge in [-0.3, -0.25) is 4.79 Å². The third-order valence-corrected chi connectivity index (χ3v) is 4.18. The summed E-state index contributed by atoms with van der Waals surface area (Å²) in [7, 11) is -3.05. The van der Waals surface area contributed by atoms with Gasteiger partial charge < -0.3 is 10.6 Å². The lowest BCUT2D eigenvalue weighted by atomic mass is 9.82. The van der Waals surface area contributed by atoms with Crippen molar-refractivity contribution in [2.75, 3.05) is 25.1 Å². The molecule has 0 radical (unpaired) electrons. The number of carbonyl (C=O) groups excluding carboxylic acids is 1. The lowest BCUT2D eigenvalue weighted by Gasteiger charge is -2.33. The molecule has 2 atom stereocenters. The van der Waals surface area contributed by atoms with Gasteiger partial charge in [-0.15, -0.1) is 12.4 Å². The zero-order chi connectivity index (χ0) is 13.1.